The van der Waals surface area contributed by atoms with E-state index in [0.29, 0.717) is 0 Å². The summed E-state index contributed by atoms with van der Waals surface area (Å²) in [6, 6.07) is 0. The van der Waals surface area contributed by atoms with Gasteiger partial charge in [0.2, 0.25) is 0 Å². The van der Waals surface area contributed by atoms with Gasteiger partial charge in [-0.05, 0) is 6.92 Å². The first-order valence-electron chi connectivity index (χ1n) is 1.92. The van der Waals surface area contributed by atoms with Gasteiger partial charge in [-0.1, -0.05) is 4.89 Å². The second kappa shape index (κ2) is 8.92. The van der Waals surface area contributed by atoms with Crippen molar-refractivity contribution in [1.29, 1.82) is 0 Å². The van der Waals surface area contributed by atoms with E-state index in [1.807, 2.05) is 0 Å². The van der Waals surface area contributed by atoms with Crippen LogP contribution in [0.1, 0.15) is 6.92 Å². The minimum absolute atomic E-state index is 0. The second-order valence-electron chi connectivity index (χ2n) is 0.952. The van der Waals surface area contributed by atoms with Crippen molar-refractivity contribution in [3.63, 3.8) is 0 Å². The van der Waals surface area contributed by atoms with Crippen LogP contribution < -0.4 is 4.89 Å². The number of rotatable bonds is 3. The Morgan fingerprint density at radius 3 is 2.00 bits per heavy atom. The summed E-state index contributed by atoms with van der Waals surface area (Å²) < 4.78 is 24.0. The van der Waals surface area contributed by atoms with Gasteiger partial charge in [-0.15, -0.1) is 0 Å². The quantitative estimate of drug-likeness (QED) is 0.396. The van der Waals surface area contributed by atoms with E-state index in [9.17, 15) is 8.42 Å². The van der Waals surface area contributed by atoms with Gasteiger partial charge in [0.15, 0.2) is 0 Å². The zero-order chi connectivity index (χ0) is 6.62. The monoisotopic (exact) mass is 189 g/mol. The molecule has 8 heteroatoms. The molecule has 0 aliphatic rings. The summed E-state index contributed by atoms with van der Waals surface area (Å²) in [7, 11) is -3.86. The molecule has 5 nitrogen and oxygen atoms in total. The van der Waals surface area contributed by atoms with Gasteiger partial charge in [0.25, 0.3) is 0 Å². The molecule has 0 aromatic carbocycles. The Morgan fingerprint density at radius 1 is 1.50 bits per heavy atom. The maximum atomic E-state index is 10.0. The van der Waals surface area contributed by atoms with Crippen LogP contribution >= 0.6 is 0 Å². The zero-order valence-electron chi connectivity index (χ0n) is 4.29. The molecule has 0 aliphatic carbocycles. The average Bonchev–Trinajstić information content (AvgIpc) is 1.67. The molecule has 0 unspecified atom stereocenters. The summed E-state index contributed by atoms with van der Waals surface area (Å²) >= 11 is 0. The summed E-state index contributed by atoms with van der Waals surface area (Å²) in [4.78, 5) is 0.992. The topological polar surface area (TPSA) is 75.6 Å². The van der Waals surface area contributed by atoms with E-state index < -0.39 is 10.3 Å². The molecule has 0 bridgehead atoms. The van der Waals surface area contributed by atoms with Crippen LogP contribution in [0.4, 0.5) is 0 Å². The van der Waals surface area contributed by atoms with Crippen molar-refractivity contribution in [1.82, 2.24) is 4.89 Å². The molecule has 0 saturated heterocycles. The number of hydrogen-bond donors (Lipinski definition) is 2. The Morgan fingerprint density at radius 2 is 1.90 bits per heavy atom. The van der Waals surface area contributed by atoms with Gasteiger partial charge in [0, 0.05) is 0 Å². The first kappa shape index (κ1) is 17.8. The third-order valence-corrected chi connectivity index (χ3v) is 1.15. The van der Waals surface area contributed by atoms with Gasteiger partial charge in [-0.3, -0.25) is 4.18 Å². The Bertz CT molecular complexity index is 145. The van der Waals surface area contributed by atoms with Crippen molar-refractivity contribution in [2.45, 2.75) is 6.92 Å². The van der Waals surface area contributed by atoms with Gasteiger partial charge in [-0.2, -0.15) is 8.42 Å². The fourth-order valence-corrected chi connectivity index (χ4v) is 0.545. The molecule has 0 aliphatic heterocycles. The van der Waals surface area contributed by atoms with Crippen LogP contribution in [0.3, 0.4) is 0 Å². The van der Waals surface area contributed by atoms with Crippen LogP contribution in [-0.4, -0.2) is 79.3 Å². The van der Waals surface area contributed by atoms with Gasteiger partial charge >= 0.3 is 69.4 Å². The number of nitrogens with one attached hydrogen (secondary N) is 1. The molecule has 0 spiro atoms. The van der Waals surface area contributed by atoms with Crippen LogP contribution in [0.25, 0.3) is 0 Å². The summed E-state index contributed by atoms with van der Waals surface area (Å²) in [5, 5.41) is 7.76. The summed E-state index contributed by atoms with van der Waals surface area (Å²) in [6.45, 7) is 1.50. The van der Waals surface area contributed by atoms with Crippen molar-refractivity contribution < 1.29 is 17.8 Å². The normalized spacial score (nSPS) is 9.40. The first-order chi connectivity index (χ1) is 3.62. The van der Waals surface area contributed by atoms with E-state index >= 15 is 0 Å². The fraction of sp³-hybridized carbons (Fsp3) is 1.00. The second-order valence-corrected chi connectivity index (χ2v) is 2.28. The molecule has 10 heavy (non-hydrogen) atoms. The van der Waals surface area contributed by atoms with Crippen molar-refractivity contribution in [2.24, 2.45) is 0 Å². The molecule has 0 rings (SSSR count). The molecule has 0 aromatic heterocycles. The molecule has 54 valence electrons. The van der Waals surface area contributed by atoms with Gasteiger partial charge in [0.1, 0.15) is 0 Å². The van der Waals surface area contributed by atoms with Crippen molar-refractivity contribution >= 4 is 69.4 Å². The third kappa shape index (κ3) is 9.83. The Labute approximate surface area is 104 Å². The summed E-state index contributed by atoms with van der Waals surface area (Å²) in [5.74, 6) is 0. The van der Waals surface area contributed by atoms with Crippen LogP contribution in [0.15, 0.2) is 0 Å². The van der Waals surface area contributed by atoms with Crippen molar-refractivity contribution in [2.75, 3.05) is 6.61 Å². The summed E-state index contributed by atoms with van der Waals surface area (Å²) in [5.41, 5.74) is 0. The van der Waals surface area contributed by atoms with E-state index in [4.69, 9.17) is 5.21 Å². The van der Waals surface area contributed by atoms with E-state index in [-0.39, 0.29) is 65.7 Å². The molecule has 0 fully saturated rings. The Balaban J connectivity index is -0.000000245. The van der Waals surface area contributed by atoms with E-state index in [1.165, 1.54) is 6.92 Å². The van der Waals surface area contributed by atoms with Gasteiger partial charge < -0.3 is 5.21 Å². The SMILES string of the molecule is CCOS(=O)(=O)NO.[NaH].[NaH]. The molecular formula is C2H9NNa2O4S. The molecule has 2 N–H and O–H groups in total. The van der Waals surface area contributed by atoms with Crippen molar-refractivity contribution in [3.8, 4) is 0 Å². The Kier molecular flexibility index (Phi) is 15.9. The minimum atomic E-state index is -3.86. The van der Waals surface area contributed by atoms with E-state index in [1.54, 1.807) is 0 Å². The summed E-state index contributed by atoms with van der Waals surface area (Å²) in [6.07, 6.45) is 0. The zero-order valence-corrected chi connectivity index (χ0v) is 5.10. The van der Waals surface area contributed by atoms with Gasteiger partial charge in [-0.25, -0.2) is 0 Å². The molecule has 0 aromatic rings. The predicted octanol–water partition coefficient (Wildman–Crippen LogP) is -2.05. The average molecular weight is 189 g/mol. The third-order valence-electron chi connectivity index (χ3n) is 0.385. The molecule has 0 amide bonds. The number of hydrogen-bond acceptors (Lipinski definition) is 4. The van der Waals surface area contributed by atoms with Crippen molar-refractivity contribution in [3.05, 3.63) is 0 Å². The molecule has 0 radical (unpaired) electrons. The first-order valence-corrected chi connectivity index (χ1v) is 3.33. The molecular weight excluding hydrogens is 180 g/mol. The van der Waals surface area contributed by atoms with Crippen LogP contribution in [0, 0.1) is 0 Å². The van der Waals surface area contributed by atoms with Crippen LogP contribution in [-0.2, 0) is 14.5 Å². The van der Waals surface area contributed by atoms with E-state index in [0.717, 1.165) is 4.89 Å². The van der Waals surface area contributed by atoms with E-state index in [2.05, 4.69) is 4.18 Å². The van der Waals surface area contributed by atoms with Crippen LogP contribution in [0.5, 0.6) is 0 Å². The molecule has 0 atom stereocenters. The van der Waals surface area contributed by atoms with Gasteiger partial charge in [0.05, 0.1) is 6.61 Å². The van der Waals surface area contributed by atoms with Crippen LogP contribution in [0.2, 0.25) is 0 Å². The predicted molar refractivity (Wildman–Crippen MR) is 39.8 cm³/mol. The maximum absolute atomic E-state index is 10.0. The fourth-order valence-electron chi connectivity index (χ4n) is 0.182. The standard InChI is InChI=1S/C2H7NO4S.2Na.2H/c1-2-7-8(5,6)3-4;;;;/h3-4H,2H2,1H3;;;;. The molecule has 0 saturated carbocycles. The molecule has 0 heterocycles. The Hall–Kier alpha value is 1.83.